The molecule has 1 aromatic rings. The van der Waals surface area contributed by atoms with Gasteiger partial charge in [-0.1, -0.05) is 29.3 Å². The highest BCUT2D eigenvalue weighted by Crippen LogP contribution is 2.33. The molecule has 0 aromatic heterocycles. The third-order valence-electron chi connectivity index (χ3n) is 1.82. The third kappa shape index (κ3) is 3.25. The first-order chi connectivity index (χ1) is 6.93. The Labute approximate surface area is 111 Å². The van der Waals surface area contributed by atoms with Gasteiger partial charge in [-0.05, 0) is 34.0 Å². The first-order valence-corrected chi connectivity index (χ1v) is 5.97. The maximum atomic E-state index is 10.8. The van der Waals surface area contributed by atoms with Crippen molar-refractivity contribution in [3.8, 4) is 0 Å². The first kappa shape index (κ1) is 13.1. The third-order valence-corrected chi connectivity index (χ3v) is 4.00. The van der Waals surface area contributed by atoms with E-state index < -0.39 is 11.3 Å². The molecule has 15 heavy (non-hydrogen) atoms. The quantitative estimate of drug-likeness (QED) is 0.669. The summed E-state index contributed by atoms with van der Waals surface area (Å²) in [6, 6.07) is 3.49. The van der Waals surface area contributed by atoms with Crippen molar-refractivity contribution < 1.29 is 4.79 Å². The molecule has 0 saturated carbocycles. The summed E-state index contributed by atoms with van der Waals surface area (Å²) in [6.07, 6.45) is 0.267. The highest BCUT2D eigenvalue weighted by Gasteiger charge is 2.16. The standard InChI is InChI=1S/C9H7BrCl3NO/c10-5-2-1-4(7(12)8(5)13)3-6(11)9(14)15/h1-2,6H,3H2,(H2,14,15). The van der Waals surface area contributed by atoms with E-state index in [1.807, 2.05) is 0 Å². The number of alkyl halides is 1. The molecule has 0 radical (unpaired) electrons. The molecule has 6 heteroatoms. The molecule has 0 aliphatic heterocycles. The molecule has 1 atom stereocenters. The molecule has 1 aromatic carbocycles. The lowest BCUT2D eigenvalue weighted by atomic mass is 10.1. The Kier molecular flexibility index (Phi) is 4.71. The second kappa shape index (κ2) is 5.39. The van der Waals surface area contributed by atoms with Crippen LogP contribution in [0.25, 0.3) is 0 Å². The summed E-state index contributed by atoms with van der Waals surface area (Å²) in [4.78, 5) is 10.8. The molecule has 0 aliphatic carbocycles. The Morgan fingerprint density at radius 3 is 2.53 bits per heavy atom. The van der Waals surface area contributed by atoms with E-state index in [-0.39, 0.29) is 6.42 Å². The summed E-state index contributed by atoms with van der Waals surface area (Å²) in [6.45, 7) is 0. The van der Waals surface area contributed by atoms with Crippen molar-refractivity contribution in [1.82, 2.24) is 0 Å². The van der Waals surface area contributed by atoms with Gasteiger partial charge in [-0.15, -0.1) is 11.6 Å². The van der Waals surface area contributed by atoms with Gasteiger partial charge in [0, 0.05) is 4.47 Å². The maximum Gasteiger partial charge on any atom is 0.235 e. The number of hydrogen-bond donors (Lipinski definition) is 1. The van der Waals surface area contributed by atoms with Crippen LogP contribution in [0.15, 0.2) is 16.6 Å². The van der Waals surface area contributed by atoms with E-state index in [9.17, 15) is 4.79 Å². The van der Waals surface area contributed by atoms with Gasteiger partial charge >= 0.3 is 0 Å². The van der Waals surface area contributed by atoms with E-state index in [1.54, 1.807) is 12.1 Å². The Morgan fingerprint density at radius 1 is 1.40 bits per heavy atom. The fourth-order valence-corrected chi connectivity index (χ4v) is 2.05. The first-order valence-electron chi connectivity index (χ1n) is 3.99. The number of nitrogens with two attached hydrogens (primary N) is 1. The van der Waals surface area contributed by atoms with Crippen LogP contribution in [-0.2, 0) is 11.2 Å². The van der Waals surface area contributed by atoms with Gasteiger partial charge in [-0.3, -0.25) is 4.79 Å². The summed E-state index contributed by atoms with van der Waals surface area (Å²) >= 11 is 20.8. The molecule has 0 bridgehead atoms. The molecule has 1 rings (SSSR count). The fraction of sp³-hybridized carbons (Fsp3) is 0.222. The summed E-state index contributed by atoms with van der Waals surface area (Å²) in [5, 5.41) is 0.0141. The van der Waals surface area contributed by atoms with E-state index in [0.29, 0.717) is 20.1 Å². The van der Waals surface area contributed by atoms with E-state index in [0.717, 1.165) is 0 Å². The van der Waals surface area contributed by atoms with Crippen LogP contribution in [0.2, 0.25) is 10.0 Å². The maximum absolute atomic E-state index is 10.8. The zero-order valence-corrected chi connectivity index (χ0v) is 11.3. The van der Waals surface area contributed by atoms with Crippen molar-refractivity contribution in [3.05, 3.63) is 32.2 Å². The van der Waals surface area contributed by atoms with Crippen LogP contribution in [0.3, 0.4) is 0 Å². The van der Waals surface area contributed by atoms with Gasteiger partial charge in [0.15, 0.2) is 0 Å². The van der Waals surface area contributed by atoms with Crippen molar-refractivity contribution in [2.45, 2.75) is 11.8 Å². The number of carbonyl (C=O) groups excluding carboxylic acids is 1. The zero-order chi connectivity index (χ0) is 11.6. The molecule has 2 nitrogen and oxygen atoms in total. The molecule has 82 valence electrons. The van der Waals surface area contributed by atoms with E-state index in [4.69, 9.17) is 40.5 Å². The van der Waals surface area contributed by atoms with Crippen molar-refractivity contribution in [1.29, 1.82) is 0 Å². The van der Waals surface area contributed by atoms with Crippen LogP contribution in [0.5, 0.6) is 0 Å². The normalized spacial score (nSPS) is 12.5. The molecular weight excluding hydrogens is 324 g/mol. The number of amides is 1. The van der Waals surface area contributed by atoms with Crippen LogP contribution in [-0.4, -0.2) is 11.3 Å². The average Bonchev–Trinajstić information content (AvgIpc) is 2.18. The summed E-state index contributed by atoms with van der Waals surface area (Å²) in [5.74, 6) is -0.577. The van der Waals surface area contributed by atoms with Gasteiger partial charge in [0.05, 0.1) is 10.0 Å². The van der Waals surface area contributed by atoms with Crippen molar-refractivity contribution in [2.24, 2.45) is 5.73 Å². The molecule has 0 saturated heterocycles. The van der Waals surface area contributed by atoms with Crippen LogP contribution >= 0.6 is 50.7 Å². The van der Waals surface area contributed by atoms with Gasteiger partial charge in [-0.25, -0.2) is 0 Å². The number of carbonyl (C=O) groups is 1. The lowest BCUT2D eigenvalue weighted by molar-refractivity contribution is -0.117. The number of benzene rings is 1. The second-order valence-electron chi connectivity index (χ2n) is 2.91. The minimum Gasteiger partial charge on any atom is -0.368 e. The molecule has 0 aliphatic rings. The minimum atomic E-state index is -0.778. The Balaban J connectivity index is 2.97. The van der Waals surface area contributed by atoms with Gasteiger partial charge in [-0.2, -0.15) is 0 Å². The molecule has 1 unspecified atom stereocenters. The topological polar surface area (TPSA) is 43.1 Å². The molecule has 0 fully saturated rings. The van der Waals surface area contributed by atoms with E-state index in [1.165, 1.54) is 0 Å². The Hall–Kier alpha value is 0.0400. The summed E-state index contributed by atoms with van der Waals surface area (Å²) in [5.41, 5.74) is 5.74. The highest BCUT2D eigenvalue weighted by atomic mass is 79.9. The SMILES string of the molecule is NC(=O)C(Cl)Cc1ccc(Br)c(Cl)c1Cl. The van der Waals surface area contributed by atoms with Crippen molar-refractivity contribution >= 4 is 56.6 Å². The average molecular weight is 331 g/mol. The van der Waals surface area contributed by atoms with Crippen LogP contribution in [0.4, 0.5) is 0 Å². The molecule has 1 amide bonds. The van der Waals surface area contributed by atoms with Crippen molar-refractivity contribution in [2.75, 3.05) is 0 Å². The lowest BCUT2D eigenvalue weighted by Crippen LogP contribution is -2.25. The monoisotopic (exact) mass is 329 g/mol. The zero-order valence-electron chi connectivity index (χ0n) is 7.44. The van der Waals surface area contributed by atoms with Crippen molar-refractivity contribution in [3.63, 3.8) is 0 Å². The number of primary amides is 1. The predicted octanol–water partition coefficient (Wildman–Crippen LogP) is 3.39. The van der Waals surface area contributed by atoms with Gasteiger partial charge in [0.2, 0.25) is 5.91 Å². The lowest BCUT2D eigenvalue weighted by Gasteiger charge is -2.09. The smallest absolute Gasteiger partial charge is 0.235 e. The van der Waals surface area contributed by atoms with Crippen LogP contribution < -0.4 is 5.73 Å². The Morgan fingerprint density at radius 2 is 2.00 bits per heavy atom. The largest absolute Gasteiger partial charge is 0.368 e. The fourth-order valence-electron chi connectivity index (χ4n) is 1.02. The van der Waals surface area contributed by atoms with Gasteiger partial charge in [0.25, 0.3) is 0 Å². The Bertz CT molecular complexity index is 397. The molecule has 2 N–H and O–H groups in total. The second-order valence-corrected chi connectivity index (χ2v) is 5.05. The predicted molar refractivity (Wildman–Crippen MR) is 66.7 cm³/mol. The number of hydrogen-bond acceptors (Lipinski definition) is 1. The van der Waals surface area contributed by atoms with Crippen LogP contribution in [0.1, 0.15) is 5.56 Å². The van der Waals surface area contributed by atoms with E-state index in [2.05, 4.69) is 15.9 Å². The summed E-state index contributed by atoms with van der Waals surface area (Å²) < 4.78 is 0.697. The molecule has 0 spiro atoms. The highest BCUT2D eigenvalue weighted by molar-refractivity contribution is 9.10. The minimum absolute atomic E-state index is 0.267. The van der Waals surface area contributed by atoms with Crippen LogP contribution in [0, 0.1) is 0 Å². The summed E-state index contributed by atoms with van der Waals surface area (Å²) in [7, 11) is 0. The number of rotatable bonds is 3. The van der Waals surface area contributed by atoms with E-state index >= 15 is 0 Å². The van der Waals surface area contributed by atoms with Gasteiger partial charge < -0.3 is 5.73 Å². The van der Waals surface area contributed by atoms with Gasteiger partial charge in [0.1, 0.15) is 5.38 Å². The molecule has 0 heterocycles. The number of halogens is 4. The molecular formula is C9H7BrCl3NO.